The van der Waals surface area contributed by atoms with Gasteiger partial charge in [-0.1, -0.05) is 0 Å². The van der Waals surface area contributed by atoms with E-state index in [2.05, 4.69) is 0 Å². The van der Waals surface area contributed by atoms with E-state index in [1.54, 1.807) is 0 Å². The smallest absolute Gasteiger partial charge is 0.457 e. The van der Waals surface area contributed by atoms with Crippen LogP contribution < -0.4 is 4.74 Å². The standard InChI is InChI=1S/C16H11F5O4S/c17-10-3-1-8(7-11(10)18)25-13-5-6-14(26(23,24)16(19,20)21)15-9(13)2-4-12(15)22/h1,3,5-7,12,22H,2,4H2. The van der Waals surface area contributed by atoms with Crippen LogP contribution in [0.1, 0.15) is 23.7 Å². The van der Waals surface area contributed by atoms with Gasteiger partial charge in [-0.3, -0.25) is 0 Å². The Morgan fingerprint density at radius 2 is 1.77 bits per heavy atom. The first-order chi connectivity index (χ1) is 12.0. The highest BCUT2D eigenvalue weighted by atomic mass is 32.2. The molecule has 1 aliphatic rings. The number of hydrogen-bond donors (Lipinski definition) is 1. The fourth-order valence-electron chi connectivity index (χ4n) is 2.79. The molecular weight excluding hydrogens is 383 g/mol. The number of aliphatic hydroxyl groups is 1. The molecule has 0 saturated carbocycles. The molecule has 1 atom stereocenters. The third-order valence-electron chi connectivity index (χ3n) is 3.99. The Morgan fingerprint density at radius 3 is 2.38 bits per heavy atom. The first-order valence-electron chi connectivity index (χ1n) is 7.30. The molecule has 4 nitrogen and oxygen atoms in total. The molecule has 1 N–H and O–H groups in total. The van der Waals surface area contributed by atoms with Gasteiger partial charge in [-0.2, -0.15) is 13.2 Å². The maximum atomic E-state index is 13.3. The van der Waals surface area contributed by atoms with Gasteiger partial charge in [0, 0.05) is 17.2 Å². The zero-order valence-electron chi connectivity index (χ0n) is 12.8. The van der Waals surface area contributed by atoms with E-state index in [9.17, 15) is 35.5 Å². The molecule has 0 amide bonds. The van der Waals surface area contributed by atoms with Crippen molar-refractivity contribution < 1.29 is 40.2 Å². The molecule has 1 unspecified atom stereocenters. The van der Waals surface area contributed by atoms with E-state index in [0.29, 0.717) is 6.07 Å². The summed E-state index contributed by atoms with van der Waals surface area (Å²) in [5.41, 5.74) is -5.83. The lowest BCUT2D eigenvalue weighted by Crippen LogP contribution is -2.24. The number of sulfone groups is 1. The number of hydrogen-bond acceptors (Lipinski definition) is 4. The van der Waals surface area contributed by atoms with Crippen molar-refractivity contribution in [1.29, 1.82) is 0 Å². The average Bonchev–Trinajstić information content (AvgIpc) is 2.93. The maximum absolute atomic E-state index is 13.3. The second-order valence-corrected chi connectivity index (χ2v) is 7.55. The molecule has 0 bridgehead atoms. The van der Waals surface area contributed by atoms with Crippen LogP contribution in [0.5, 0.6) is 11.5 Å². The van der Waals surface area contributed by atoms with Gasteiger partial charge in [0.2, 0.25) is 0 Å². The molecule has 3 rings (SSSR count). The van der Waals surface area contributed by atoms with Crippen LogP contribution in [0.25, 0.3) is 0 Å². The summed E-state index contributed by atoms with van der Waals surface area (Å²) >= 11 is 0. The highest BCUT2D eigenvalue weighted by molar-refractivity contribution is 7.92. The van der Waals surface area contributed by atoms with Crippen LogP contribution in [0.2, 0.25) is 0 Å². The summed E-state index contributed by atoms with van der Waals surface area (Å²) in [6, 6.07) is 4.34. The van der Waals surface area contributed by atoms with Gasteiger partial charge in [0.1, 0.15) is 11.5 Å². The molecule has 0 fully saturated rings. The monoisotopic (exact) mass is 394 g/mol. The van der Waals surface area contributed by atoms with Crippen LogP contribution >= 0.6 is 0 Å². The highest BCUT2D eigenvalue weighted by Crippen LogP contribution is 2.45. The Morgan fingerprint density at radius 1 is 1.08 bits per heavy atom. The molecule has 0 radical (unpaired) electrons. The summed E-state index contributed by atoms with van der Waals surface area (Å²) in [5.74, 6) is -2.46. The molecule has 1 aliphatic carbocycles. The zero-order chi connectivity index (χ0) is 19.3. The fraction of sp³-hybridized carbons (Fsp3) is 0.250. The first-order valence-corrected chi connectivity index (χ1v) is 8.79. The Hall–Kier alpha value is -2.20. The molecule has 0 saturated heterocycles. The summed E-state index contributed by atoms with van der Waals surface area (Å²) in [4.78, 5) is -1.04. The molecule has 26 heavy (non-hydrogen) atoms. The van der Waals surface area contributed by atoms with Crippen molar-refractivity contribution in [2.45, 2.75) is 29.3 Å². The van der Waals surface area contributed by atoms with Crippen molar-refractivity contribution in [3.8, 4) is 11.5 Å². The lowest BCUT2D eigenvalue weighted by molar-refractivity contribution is -0.0437. The third kappa shape index (κ3) is 3.03. The summed E-state index contributed by atoms with van der Waals surface area (Å²) in [6.45, 7) is 0. The van der Waals surface area contributed by atoms with Crippen LogP contribution in [0.4, 0.5) is 22.0 Å². The predicted octanol–water partition coefficient (Wildman–Crippen LogP) is 4.03. The number of fused-ring (bicyclic) bond motifs is 1. The van der Waals surface area contributed by atoms with Crippen molar-refractivity contribution in [2.24, 2.45) is 0 Å². The van der Waals surface area contributed by atoms with Gasteiger partial charge in [0.15, 0.2) is 11.6 Å². The van der Waals surface area contributed by atoms with Gasteiger partial charge in [0.05, 0.1) is 11.0 Å². The fourth-order valence-corrected chi connectivity index (χ4v) is 3.84. The molecule has 0 spiro atoms. The number of aliphatic hydroxyl groups excluding tert-OH is 1. The van der Waals surface area contributed by atoms with Crippen LogP contribution in [-0.4, -0.2) is 19.0 Å². The van der Waals surface area contributed by atoms with Crippen molar-refractivity contribution in [2.75, 3.05) is 0 Å². The number of ether oxygens (including phenoxy) is 1. The van der Waals surface area contributed by atoms with Crippen LogP contribution in [0.3, 0.4) is 0 Å². The number of benzene rings is 2. The predicted molar refractivity (Wildman–Crippen MR) is 79.4 cm³/mol. The van der Waals surface area contributed by atoms with Crippen LogP contribution in [-0.2, 0) is 16.3 Å². The van der Waals surface area contributed by atoms with Gasteiger partial charge in [-0.15, -0.1) is 0 Å². The van der Waals surface area contributed by atoms with E-state index in [4.69, 9.17) is 4.74 Å². The molecule has 0 aliphatic heterocycles. The van der Waals surface area contributed by atoms with Crippen molar-refractivity contribution in [1.82, 2.24) is 0 Å². The van der Waals surface area contributed by atoms with Gasteiger partial charge in [-0.25, -0.2) is 17.2 Å². The largest absolute Gasteiger partial charge is 0.501 e. The van der Waals surface area contributed by atoms with E-state index in [1.165, 1.54) is 0 Å². The van der Waals surface area contributed by atoms with Gasteiger partial charge in [0.25, 0.3) is 9.84 Å². The van der Waals surface area contributed by atoms with E-state index in [0.717, 1.165) is 24.3 Å². The van der Waals surface area contributed by atoms with E-state index in [-0.39, 0.29) is 35.5 Å². The van der Waals surface area contributed by atoms with Crippen molar-refractivity contribution in [3.05, 3.63) is 53.1 Å². The first kappa shape index (κ1) is 18.6. The molecule has 0 heterocycles. The summed E-state index contributed by atoms with van der Waals surface area (Å²) in [5, 5.41) is 9.97. The van der Waals surface area contributed by atoms with Gasteiger partial charge in [-0.05, 0) is 37.1 Å². The topological polar surface area (TPSA) is 63.6 Å². The third-order valence-corrected chi connectivity index (χ3v) is 5.53. The quantitative estimate of drug-likeness (QED) is 0.799. The lowest BCUT2D eigenvalue weighted by atomic mass is 10.1. The van der Waals surface area contributed by atoms with E-state index < -0.39 is 38.0 Å². The number of alkyl halides is 3. The summed E-state index contributed by atoms with van der Waals surface area (Å²) < 4.78 is 93.7. The van der Waals surface area contributed by atoms with Gasteiger partial charge >= 0.3 is 5.51 Å². The Labute approximate surface area is 144 Å². The normalized spacial score (nSPS) is 17.2. The van der Waals surface area contributed by atoms with Crippen molar-refractivity contribution >= 4 is 9.84 Å². The minimum atomic E-state index is -5.66. The second-order valence-electron chi connectivity index (χ2n) is 5.64. The Kier molecular flexibility index (Phi) is 4.43. The zero-order valence-corrected chi connectivity index (χ0v) is 13.7. The SMILES string of the molecule is O=S(=O)(c1ccc(Oc2ccc(F)c(F)c2)c2c1C(O)CC2)C(F)(F)F. The van der Waals surface area contributed by atoms with E-state index >= 15 is 0 Å². The Balaban J connectivity index is 2.10. The molecule has 0 aromatic heterocycles. The van der Waals surface area contributed by atoms with Crippen molar-refractivity contribution in [3.63, 3.8) is 0 Å². The van der Waals surface area contributed by atoms with Gasteiger partial charge < -0.3 is 9.84 Å². The summed E-state index contributed by atoms with van der Waals surface area (Å²) in [7, 11) is -5.66. The highest BCUT2D eigenvalue weighted by Gasteiger charge is 2.49. The minimum absolute atomic E-state index is 0.00780. The molecule has 2 aromatic carbocycles. The Bertz CT molecular complexity index is 969. The number of rotatable bonds is 3. The lowest BCUT2D eigenvalue weighted by Gasteiger charge is -2.17. The minimum Gasteiger partial charge on any atom is -0.457 e. The number of halogens is 5. The summed E-state index contributed by atoms with van der Waals surface area (Å²) in [6.07, 6.45) is -1.34. The molecular formula is C16H11F5O4S. The molecule has 10 heteroatoms. The maximum Gasteiger partial charge on any atom is 0.501 e. The van der Waals surface area contributed by atoms with Crippen LogP contribution in [0.15, 0.2) is 35.2 Å². The second kappa shape index (κ2) is 6.20. The van der Waals surface area contributed by atoms with E-state index in [1.807, 2.05) is 0 Å². The average molecular weight is 394 g/mol. The van der Waals surface area contributed by atoms with Crippen LogP contribution in [0, 0.1) is 11.6 Å². The molecule has 140 valence electrons. The molecule has 2 aromatic rings.